The third kappa shape index (κ3) is 3.12. The lowest BCUT2D eigenvalue weighted by molar-refractivity contribution is -0.385. The lowest BCUT2D eigenvalue weighted by Crippen LogP contribution is -2.30. The van der Waals surface area contributed by atoms with Gasteiger partial charge < -0.3 is 4.90 Å². The van der Waals surface area contributed by atoms with Crippen molar-refractivity contribution in [3.8, 4) is 0 Å². The highest BCUT2D eigenvalue weighted by molar-refractivity contribution is 7.99. The molecule has 0 aliphatic carbocycles. The van der Waals surface area contributed by atoms with E-state index in [1.807, 2.05) is 0 Å². The molecule has 24 heavy (non-hydrogen) atoms. The first-order valence-electron chi connectivity index (χ1n) is 7.40. The van der Waals surface area contributed by atoms with E-state index in [0.29, 0.717) is 17.7 Å². The van der Waals surface area contributed by atoms with E-state index in [1.54, 1.807) is 47.9 Å². The number of hydrogen-bond acceptors (Lipinski definition) is 4. The van der Waals surface area contributed by atoms with Crippen LogP contribution in [-0.4, -0.2) is 28.0 Å². The first-order valence-corrected chi connectivity index (χ1v) is 8.45. The number of amides is 1. The fourth-order valence-electron chi connectivity index (χ4n) is 2.72. The van der Waals surface area contributed by atoms with Crippen LogP contribution in [0.4, 0.5) is 10.1 Å². The van der Waals surface area contributed by atoms with E-state index in [1.165, 1.54) is 18.2 Å². The van der Waals surface area contributed by atoms with Crippen molar-refractivity contribution >= 4 is 23.4 Å². The van der Waals surface area contributed by atoms with Gasteiger partial charge in [-0.2, -0.15) is 0 Å². The Morgan fingerprint density at radius 2 is 2.12 bits per heavy atom. The number of hydrogen-bond donors (Lipinski definition) is 0. The van der Waals surface area contributed by atoms with Crippen LogP contribution in [0.5, 0.6) is 0 Å². The normalized spacial score (nSPS) is 17.1. The molecule has 1 aliphatic rings. The molecule has 2 aromatic rings. The summed E-state index contributed by atoms with van der Waals surface area (Å²) in [6.45, 7) is 2.15. The van der Waals surface area contributed by atoms with Gasteiger partial charge in [-0.25, -0.2) is 4.39 Å². The largest absolute Gasteiger partial charge is 0.322 e. The molecular weight excluding hydrogens is 331 g/mol. The Balaban J connectivity index is 1.91. The van der Waals surface area contributed by atoms with Gasteiger partial charge in [0.2, 0.25) is 0 Å². The maximum absolute atomic E-state index is 13.5. The topological polar surface area (TPSA) is 63.5 Å². The van der Waals surface area contributed by atoms with Gasteiger partial charge in [-0.1, -0.05) is 18.2 Å². The van der Waals surface area contributed by atoms with Gasteiger partial charge in [0.1, 0.15) is 11.2 Å². The Morgan fingerprint density at radius 3 is 2.83 bits per heavy atom. The van der Waals surface area contributed by atoms with Crippen molar-refractivity contribution in [1.82, 2.24) is 4.90 Å². The Hall–Kier alpha value is -2.41. The molecule has 7 heteroatoms. The molecule has 0 saturated carbocycles. The highest BCUT2D eigenvalue weighted by Crippen LogP contribution is 2.39. The van der Waals surface area contributed by atoms with Crippen LogP contribution in [0.1, 0.15) is 26.9 Å². The summed E-state index contributed by atoms with van der Waals surface area (Å²) < 4.78 is 13.5. The van der Waals surface area contributed by atoms with Crippen LogP contribution in [0, 0.1) is 22.9 Å². The standard InChI is InChI=1S/C17H15FN2O3S/c1-11-5-6-12(10-15(11)20(22)23)16(21)19-7-8-24-17(19)13-3-2-4-14(18)9-13/h2-6,9-10,17H,7-8H2,1H3. The summed E-state index contributed by atoms with van der Waals surface area (Å²) in [5, 5.41) is 10.8. The molecule has 1 heterocycles. The van der Waals surface area contributed by atoms with E-state index in [9.17, 15) is 19.3 Å². The SMILES string of the molecule is Cc1ccc(C(=O)N2CCSC2c2cccc(F)c2)cc1[N+](=O)[O-]. The lowest BCUT2D eigenvalue weighted by Gasteiger charge is -2.24. The number of nitro benzene ring substituents is 1. The number of halogens is 1. The van der Waals surface area contributed by atoms with Crippen molar-refractivity contribution in [3.63, 3.8) is 0 Å². The van der Waals surface area contributed by atoms with Gasteiger partial charge in [0, 0.05) is 29.5 Å². The van der Waals surface area contributed by atoms with Crippen molar-refractivity contribution in [3.05, 3.63) is 75.1 Å². The molecule has 3 rings (SSSR count). The number of carbonyl (C=O) groups excluding carboxylic acids is 1. The summed E-state index contributed by atoms with van der Waals surface area (Å²) in [6, 6.07) is 10.7. The summed E-state index contributed by atoms with van der Waals surface area (Å²) in [4.78, 5) is 25.0. The molecule has 1 atom stereocenters. The molecular formula is C17H15FN2O3S. The van der Waals surface area contributed by atoms with Crippen LogP contribution in [0.25, 0.3) is 0 Å². The van der Waals surface area contributed by atoms with Gasteiger partial charge in [-0.05, 0) is 30.7 Å². The first kappa shape index (κ1) is 16.4. The molecule has 2 aromatic carbocycles. The van der Waals surface area contributed by atoms with Crippen LogP contribution >= 0.6 is 11.8 Å². The molecule has 5 nitrogen and oxygen atoms in total. The first-order chi connectivity index (χ1) is 11.5. The average Bonchev–Trinajstić information content (AvgIpc) is 3.04. The number of nitro groups is 1. The summed E-state index contributed by atoms with van der Waals surface area (Å²) >= 11 is 1.55. The van der Waals surface area contributed by atoms with Crippen molar-refractivity contribution in [2.45, 2.75) is 12.3 Å². The predicted octanol–water partition coefficient (Wildman–Crippen LogP) is 3.93. The monoisotopic (exact) mass is 346 g/mol. The lowest BCUT2D eigenvalue weighted by atomic mass is 10.1. The summed E-state index contributed by atoms with van der Waals surface area (Å²) in [5.41, 5.74) is 1.42. The van der Waals surface area contributed by atoms with E-state index in [2.05, 4.69) is 0 Å². The van der Waals surface area contributed by atoms with Crippen molar-refractivity contribution in [2.24, 2.45) is 0 Å². The molecule has 0 spiro atoms. The van der Waals surface area contributed by atoms with Crippen molar-refractivity contribution in [2.75, 3.05) is 12.3 Å². The highest BCUT2D eigenvalue weighted by atomic mass is 32.2. The Morgan fingerprint density at radius 1 is 1.33 bits per heavy atom. The minimum absolute atomic E-state index is 0.0741. The third-order valence-electron chi connectivity index (χ3n) is 3.94. The number of nitrogens with zero attached hydrogens (tertiary/aromatic N) is 2. The summed E-state index contributed by atoms with van der Waals surface area (Å²) in [5.74, 6) is 0.108. The molecule has 1 aliphatic heterocycles. The maximum atomic E-state index is 13.5. The van der Waals surface area contributed by atoms with Gasteiger partial charge in [-0.15, -0.1) is 11.8 Å². The number of benzene rings is 2. The second-order valence-electron chi connectivity index (χ2n) is 5.54. The van der Waals surface area contributed by atoms with Gasteiger partial charge in [0.25, 0.3) is 11.6 Å². The third-order valence-corrected chi connectivity index (χ3v) is 5.20. The molecule has 1 unspecified atom stereocenters. The fraction of sp³-hybridized carbons (Fsp3) is 0.235. The Labute approximate surface area is 142 Å². The molecule has 0 radical (unpaired) electrons. The Bertz CT molecular complexity index is 812. The van der Waals surface area contributed by atoms with Gasteiger partial charge >= 0.3 is 0 Å². The minimum Gasteiger partial charge on any atom is -0.322 e. The Kier molecular flexibility index (Phi) is 4.53. The molecule has 124 valence electrons. The number of thioether (sulfide) groups is 1. The quantitative estimate of drug-likeness (QED) is 0.624. The average molecular weight is 346 g/mol. The van der Waals surface area contributed by atoms with Crippen LogP contribution < -0.4 is 0 Å². The van der Waals surface area contributed by atoms with Crippen LogP contribution in [-0.2, 0) is 0 Å². The molecule has 0 aromatic heterocycles. The second-order valence-corrected chi connectivity index (χ2v) is 6.72. The fourth-order valence-corrected chi connectivity index (χ4v) is 3.96. The molecule has 1 amide bonds. The van der Waals surface area contributed by atoms with Crippen molar-refractivity contribution < 1.29 is 14.1 Å². The van der Waals surface area contributed by atoms with Crippen LogP contribution in [0.2, 0.25) is 0 Å². The van der Waals surface area contributed by atoms with Gasteiger partial charge in [-0.3, -0.25) is 14.9 Å². The van der Waals surface area contributed by atoms with Crippen LogP contribution in [0.15, 0.2) is 42.5 Å². The van der Waals surface area contributed by atoms with Gasteiger partial charge in [0.15, 0.2) is 0 Å². The van der Waals surface area contributed by atoms with E-state index in [0.717, 1.165) is 5.75 Å². The van der Waals surface area contributed by atoms with E-state index in [-0.39, 0.29) is 28.3 Å². The van der Waals surface area contributed by atoms with Crippen LogP contribution in [0.3, 0.4) is 0 Å². The van der Waals surface area contributed by atoms with E-state index < -0.39 is 4.92 Å². The summed E-state index contributed by atoms with van der Waals surface area (Å²) in [6.07, 6.45) is 0. The zero-order chi connectivity index (χ0) is 17.3. The number of aryl methyl sites for hydroxylation is 1. The van der Waals surface area contributed by atoms with Gasteiger partial charge in [0.05, 0.1) is 4.92 Å². The smallest absolute Gasteiger partial charge is 0.273 e. The molecule has 0 N–H and O–H groups in total. The molecule has 1 saturated heterocycles. The van der Waals surface area contributed by atoms with E-state index in [4.69, 9.17) is 0 Å². The summed E-state index contributed by atoms with van der Waals surface area (Å²) in [7, 11) is 0. The second kappa shape index (κ2) is 6.60. The predicted molar refractivity (Wildman–Crippen MR) is 90.5 cm³/mol. The molecule has 1 fully saturated rings. The number of rotatable bonds is 3. The molecule has 0 bridgehead atoms. The zero-order valence-electron chi connectivity index (χ0n) is 12.9. The van der Waals surface area contributed by atoms with E-state index >= 15 is 0 Å². The highest BCUT2D eigenvalue weighted by Gasteiger charge is 2.32. The minimum atomic E-state index is -0.491. The number of carbonyl (C=O) groups is 1. The maximum Gasteiger partial charge on any atom is 0.273 e. The zero-order valence-corrected chi connectivity index (χ0v) is 13.8. The van der Waals surface area contributed by atoms with Crippen molar-refractivity contribution in [1.29, 1.82) is 0 Å².